The van der Waals surface area contributed by atoms with Crippen LogP contribution in [-0.2, 0) is 19.5 Å². The van der Waals surface area contributed by atoms with E-state index in [1.54, 1.807) is 12.4 Å². The van der Waals surface area contributed by atoms with E-state index >= 15 is 0 Å². The van der Waals surface area contributed by atoms with Crippen LogP contribution in [0.4, 0.5) is 5.95 Å². The molecule has 1 aliphatic heterocycles. The molecule has 2 aromatic heterocycles. The monoisotopic (exact) mass is 256 g/mol. The van der Waals surface area contributed by atoms with E-state index in [-0.39, 0.29) is 0 Å². The molecule has 0 aromatic carbocycles. The summed E-state index contributed by atoms with van der Waals surface area (Å²) in [6.07, 6.45) is 6.46. The van der Waals surface area contributed by atoms with Crippen molar-refractivity contribution in [2.24, 2.45) is 0 Å². The predicted molar refractivity (Wildman–Crippen MR) is 71.0 cm³/mol. The summed E-state index contributed by atoms with van der Waals surface area (Å²) >= 11 is 0. The predicted octanol–water partition coefficient (Wildman–Crippen LogP) is 0.716. The molecule has 2 N–H and O–H groups in total. The third-order valence-corrected chi connectivity index (χ3v) is 3.26. The highest BCUT2D eigenvalue weighted by atomic mass is 15.1. The fourth-order valence-corrected chi connectivity index (χ4v) is 2.31. The molecule has 2 aromatic rings. The van der Waals surface area contributed by atoms with Gasteiger partial charge in [-0.25, -0.2) is 19.9 Å². The average Bonchev–Trinajstić information content (AvgIpc) is 2.42. The summed E-state index contributed by atoms with van der Waals surface area (Å²) in [5.41, 5.74) is 8.95. The Morgan fingerprint density at radius 2 is 2.00 bits per heavy atom. The van der Waals surface area contributed by atoms with E-state index in [0.717, 1.165) is 37.4 Å². The molecule has 0 fully saturated rings. The topological polar surface area (TPSA) is 80.8 Å². The number of hydrogen-bond donors (Lipinski definition) is 1. The van der Waals surface area contributed by atoms with Crippen LogP contribution < -0.4 is 5.73 Å². The van der Waals surface area contributed by atoms with Crippen LogP contribution in [0.3, 0.4) is 0 Å². The first-order valence-corrected chi connectivity index (χ1v) is 6.31. The molecule has 0 bridgehead atoms. The lowest BCUT2D eigenvalue weighted by Gasteiger charge is -2.27. The molecule has 3 rings (SSSR count). The van der Waals surface area contributed by atoms with Gasteiger partial charge in [0.05, 0.1) is 0 Å². The van der Waals surface area contributed by atoms with Gasteiger partial charge < -0.3 is 5.73 Å². The first-order chi connectivity index (χ1) is 9.20. The van der Waals surface area contributed by atoms with Crippen LogP contribution in [0, 0.1) is 6.92 Å². The Bertz CT molecular complexity index is 580. The van der Waals surface area contributed by atoms with Crippen molar-refractivity contribution in [3.05, 3.63) is 41.2 Å². The number of fused-ring (bicyclic) bond motifs is 1. The molecule has 0 aliphatic carbocycles. The molecule has 0 unspecified atom stereocenters. The van der Waals surface area contributed by atoms with Crippen LogP contribution in [0.2, 0.25) is 0 Å². The summed E-state index contributed by atoms with van der Waals surface area (Å²) in [4.78, 5) is 19.1. The van der Waals surface area contributed by atoms with Crippen LogP contribution in [0.1, 0.15) is 22.6 Å². The minimum absolute atomic E-state index is 0.316. The molecule has 98 valence electrons. The maximum Gasteiger partial charge on any atom is 0.219 e. The molecule has 0 amide bonds. The zero-order valence-electron chi connectivity index (χ0n) is 10.9. The van der Waals surface area contributed by atoms with Gasteiger partial charge in [0.1, 0.15) is 5.82 Å². The second-order valence-corrected chi connectivity index (χ2v) is 4.80. The first-order valence-electron chi connectivity index (χ1n) is 6.31. The second kappa shape index (κ2) is 4.89. The van der Waals surface area contributed by atoms with Crippen molar-refractivity contribution in [2.45, 2.75) is 26.4 Å². The fourth-order valence-electron chi connectivity index (χ4n) is 2.31. The standard InChI is InChI=1S/C13H16N6/c1-9-15-6-11-8-19(3-2-12(11)18-9)7-10-4-16-13(14)17-5-10/h4-6H,2-3,7-8H2,1H3,(H2,14,16,17). The number of nitrogens with two attached hydrogens (primary N) is 1. The summed E-state index contributed by atoms with van der Waals surface area (Å²) in [6.45, 7) is 4.62. The Morgan fingerprint density at radius 3 is 2.79 bits per heavy atom. The Kier molecular flexibility index (Phi) is 3.08. The minimum Gasteiger partial charge on any atom is -0.368 e. The van der Waals surface area contributed by atoms with Crippen LogP contribution >= 0.6 is 0 Å². The van der Waals surface area contributed by atoms with Crippen LogP contribution in [0.15, 0.2) is 18.6 Å². The van der Waals surface area contributed by atoms with E-state index in [1.165, 1.54) is 11.3 Å². The second-order valence-electron chi connectivity index (χ2n) is 4.80. The minimum atomic E-state index is 0.316. The molecule has 6 nitrogen and oxygen atoms in total. The summed E-state index contributed by atoms with van der Waals surface area (Å²) in [5.74, 6) is 1.16. The summed E-state index contributed by atoms with van der Waals surface area (Å²) in [7, 11) is 0. The first kappa shape index (κ1) is 12.0. The molecule has 0 saturated heterocycles. The van der Waals surface area contributed by atoms with Crippen LogP contribution in [0.25, 0.3) is 0 Å². The number of aromatic nitrogens is 4. The van der Waals surface area contributed by atoms with Crippen molar-refractivity contribution >= 4 is 5.95 Å². The number of nitrogens with zero attached hydrogens (tertiary/aromatic N) is 5. The molecule has 0 saturated carbocycles. The van der Waals surface area contributed by atoms with E-state index in [4.69, 9.17) is 5.73 Å². The van der Waals surface area contributed by atoms with E-state index in [9.17, 15) is 0 Å². The number of aryl methyl sites for hydroxylation is 1. The van der Waals surface area contributed by atoms with Crippen LogP contribution in [0.5, 0.6) is 0 Å². The maximum atomic E-state index is 5.48. The molecule has 3 heterocycles. The Labute approximate surface area is 111 Å². The molecule has 19 heavy (non-hydrogen) atoms. The Hall–Kier alpha value is -2.08. The fraction of sp³-hybridized carbons (Fsp3) is 0.385. The highest BCUT2D eigenvalue weighted by molar-refractivity contribution is 5.21. The van der Waals surface area contributed by atoms with Gasteiger partial charge in [0.15, 0.2) is 0 Å². The van der Waals surface area contributed by atoms with E-state index < -0.39 is 0 Å². The van der Waals surface area contributed by atoms with Gasteiger partial charge in [-0.2, -0.15) is 0 Å². The van der Waals surface area contributed by atoms with Gasteiger partial charge in [-0.3, -0.25) is 4.90 Å². The smallest absolute Gasteiger partial charge is 0.219 e. The molecule has 0 radical (unpaired) electrons. The SMILES string of the molecule is Cc1ncc2c(n1)CCN(Cc1cnc(N)nc1)C2. The van der Waals surface area contributed by atoms with Gasteiger partial charge in [-0.05, 0) is 6.92 Å². The number of hydrogen-bond acceptors (Lipinski definition) is 6. The third kappa shape index (κ3) is 2.68. The van der Waals surface area contributed by atoms with Gasteiger partial charge >= 0.3 is 0 Å². The normalized spacial score (nSPS) is 15.2. The maximum absolute atomic E-state index is 5.48. The van der Waals surface area contributed by atoms with Gasteiger partial charge in [-0.1, -0.05) is 0 Å². The third-order valence-electron chi connectivity index (χ3n) is 3.26. The lowest BCUT2D eigenvalue weighted by atomic mass is 10.1. The van der Waals surface area contributed by atoms with Crippen molar-refractivity contribution in [1.82, 2.24) is 24.8 Å². The zero-order chi connectivity index (χ0) is 13.2. The molecule has 1 aliphatic rings. The highest BCUT2D eigenvalue weighted by Gasteiger charge is 2.18. The van der Waals surface area contributed by atoms with Gasteiger partial charge in [-0.15, -0.1) is 0 Å². The Morgan fingerprint density at radius 1 is 1.21 bits per heavy atom. The van der Waals surface area contributed by atoms with Gasteiger partial charge in [0, 0.05) is 61.5 Å². The molecular weight excluding hydrogens is 240 g/mol. The largest absolute Gasteiger partial charge is 0.368 e. The Balaban J connectivity index is 1.72. The molecule has 0 spiro atoms. The van der Waals surface area contributed by atoms with Crippen molar-refractivity contribution in [3.63, 3.8) is 0 Å². The molecule has 0 atom stereocenters. The highest BCUT2D eigenvalue weighted by Crippen LogP contribution is 2.18. The summed E-state index contributed by atoms with van der Waals surface area (Å²) < 4.78 is 0. The number of rotatable bonds is 2. The van der Waals surface area contributed by atoms with Crippen molar-refractivity contribution < 1.29 is 0 Å². The molecule has 6 heteroatoms. The van der Waals surface area contributed by atoms with Crippen molar-refractivity contribution in [2.75, 3.05) is 12.3 Å². The van der Waals surface area contributed by atoms with E-state index in [2.05, 4.69) is 24.8 Å². The lowest BCUT2D eigenvalue weighted by molar-refractivity contribution is 0.242. The zero-order valence-corrected chi connectivity index (χ0v) is 10.9. The van der Waals surface area contributed by atoms with E-state index in [1.807, 2.05) is 13.1 Å². The molecular formula is C13H16N6. The summed E-state index contributed by atoms with van der Waals surface area (Å²) in [6, 6.07) is 0. The summed E-state index contributed by atoms with van der Waals surface area (Å²) in [5, 5.41) is 0. The van der Waals surface area contributed by atoms with Crippen molar-refractivity contribution in [1.29, 1.82) is 0 Å². The quantitative estimate of drug-likeness (QED) is 0.852. The number of anilines is 1. The van der Waals surface area contributed by atoms with Crippen LogP contribution in [-0.4, -0.2) is 31.4 Å². The van der Waals surface area contributed by atoms with Gasteiger partial charge in [0.2, 0.25) is 5.95 Å². The van der Waals surface area contributed by atoms with Gasteiger partial charge in [0.25, 0.3) is 0 Å². The number of nitrogen functional groups attached to an aromatic ring is 1. The average molecular weight is 256 g/mol. The lowest BCUT2D eigenvalue weighted by Crippen LogP contribution is -2.31. The van der Waals surface area contributed by atoms with Crippen molar-refractivity contribution in [3.8, 4) is 0 Å². The van der Waals surface area contributed by atoms with E-state index in [0.29, 0.717) is 5.95 Å².